The van der Waals surface area contributed by atoms with Crippen LogP contribution in [0.15, 0.2) is 53.5 Å². The molecule has 5 heteroatoms. The molecule has 20 heavy (non-hydrogen) atoms. The van der Waals surface area contributed by atoms with E-state index >= 15 is 0 Å². The maximum Gasteiger partial charge on any atom is 0.260 e. The van der Waals surface area contributed by atoms with E-state index in [0.29, 0.717) is 19.6 Å². The van der Waals surface area contributed by atoms with Crippen molar-refractivity contribution in [3.8, 4) is 0 Å². The molecule has 2 aromatic rings. The van der Waals surface area contributed by atoms with Crippen molar-refractivity contribution in [1.29, 1.82) is 0 Å². The number of H-pyrrole nitrogens is 1. The summed E-state index contributed by atoms with van der Waals surface area (Å²) in [4.78, 5) is 28.2. The van der Waals surface area contributed by atoms with Crippen molar-refractivity contribution in [2.45, 2.75) is 6.54 Å². The minimum atomic E-state index is -0.382. The molecular formula is C15H17N3O2. The maximum atomic E-state index is 12.4. The quantitative estimate of drug-likeness (QED) is 0.850. The van der Waals surface area contributed by atoms with E-state index in [1.54, 1.807) is 11.0 Å². The molecule has 0 atom stereocenters. The Kier molecular flexibility index (Phi) is 4.68. The number of hydrogen-bond donors (Lipinski definition) is 2. The van der Waals surface area contributed by atoms with Crippen LogP contribution in [0.2, 0.25) is 0 Å². The Morgan fingerprint density at radius 1 is 1.15 bits per heavy atom. The Hall–Kier alpha value is -2.40. The Morgan fingerprint density at radius 2 is 1.90 bits per heavy atom. The van der Waals surface area contributed by atoms with Crippen LogP contribution in [0.3, 0.4) is 0 Å². The molecule has 0 spiro atoms. The molecule has 0 bridgehead atoms. The molecular weight excluding hydrogens is 254 g/mol. The molecule has 0 fully saturated rings. The van der Waals surface area contributed by atoms with Crippen LogP contribution in [0.1, 0.15) is 15.9 Å². The predicted octanol–water partition coefficient (Wildman–Crippen LogP) is 0.976. The second-order valence-electron chi connectivity index (χ2n) is 4.41. The number of aromatic amines is 1. The number of benzene rings is 1. The first-order chi connectivity index (χ1) is 9.72. The minimum absolute atomic E-state index is 0.136. The van der Waals surface area contributed by atoms with E-state index in [1.807, 2.05) is 30.3 Å². The van der Waals surface area contributed by atoms with Gasteiger partial charge >= 0.3 is 0 Å². The van der Waals surface area contributed by atoms with Crippen LogP contribution < -0.4 is 11.3 Å². The fraction of sp³-hybridized carbons (Fsp3) is 0.200. The number of nitrogens with two attached hydrogens (primary N) is 1. The standard InChI is InChI=1S/C15H17N3O2/c16-8-10-18(11-12-5-2-1-3-6-12)15(20)13-7-4-9-17-14(13)19/h1-7,9H,8,10-11,16H2,(H,17,19). The van der Waals surface area contributed by atoms with Gasteiger partial charge in [0.15, 0.2) is 0 Å². The van der Waals surface area contributed by atoms with Gasteiger partial charge in [0, 0.05) is 25.8 Å². The summed E-state index contributed by atoms with van der Waals surface area (Å²) in [5.41, 5.74) is 6.31. The Bertz CT molecular complexity index is 622. The average Bonchev–Trinajstić information content (AvgIpc) is 2.48. The second-order valence-corrected chi connectivity index (χ2v) is 4.41. The summed E-state index contributed by atoms with van der Waals surface area (Å²) in [6.07, 6.45) is 1.50. The highest BCUT2D eigenvalue weighted by molar-refractivity contribution is 5.93. The monoisotopic (exact) mass is 271 g/mol. The van der Waals surface area contributed by atoms with Gasteiger partial charge in [0.2, 0.25) is 0 Å². The summed E-state index contributed by atoms with van der Waals surface area (Å²) < 4.78 is 0. The summed E-state index contributed by atoms with van der Waals surface area (Å²) in [6.45, 7) is 1.19. The van der Waals surface area contributed by atoms with E-state index < -0.39 is 0 Å². The van der Waals surface area contributed by atoms with Crippen LogP contribution in [-0.4, -0.2) is 28.9 Å². The third-order valence-electron chi connectivity index (χ3n) is 2.95. The number of hydrogen-bond acceptors (Lipinski definition) is 3. The number of carbonyl (C=O) groups excluding carboxylic acids is 1. The molecule has 0 saturated carbocycles. The summed E-state index contributed by atoms with van der Waals surface area (Å²) >= 11 is 0. The minimum Gasteiger partial charge on any atom is -0.333 e. The lowest BCUT2D eigenvalue weighted by Crippen LogP contribution is -2.37. The van der Waals surface area contributed by atoms with Crippen molar-refractivity contribution in [1.82, 2.24) is 9.88 Å². The summed E-state index contributed by atoms with van der Waals surface area (Å²) in [6, 6.07) is 12.8. The van der Waals surface area contributed by atoms with Crippen LogP contribution in [0, 0.1) is 0 Å². The number of nitrogens with zero attached hydrogens (tertiary/aromatic N) is 1. The van der Waals surface area contributed by atoms with Gasteiger partial charge in [0.05, 0.1) is 0 Å². The predicted molar refractivity (Wildman–Crippen MR) is 77.3 cm³/mol. The molecule has 0 radical (unpaired) electrons. The highest BCUT2D eigenvalue weighted by atomic mass is 16.2. The third kappa shape index (κ3) is 3.33. The third-order valence-corrected chi connectivity index (χ3v) is 2.95. The molecule has 0 saturated heterocycles. The van der Waals surface area contributed by atoms with Crippen molar-refractivity contribution < 1.29 is 4.79 Å². The summed E-state index contributed by atoms with van der Waals surface area (Å²) in [7, 11) is 0. The number of amides is 1. The average molecular weight is 271 g/mol. The molecule has 0 aliphatic heterocycles. The van der Waals surface area contributed by atoms with Gasteiger partial charge in [0.1, 0.15) is 5.56 Å². The van der Waals surface area contributed by atoms with Crippen molar-refractivity contribution in [2.24, 2.45) is 5.73 Å². The van der Waals surface area contributed by atoms with Gasteiger partial charge in [-0.3, -0.25) is 9.59 Å². The molecule has 0 aliphatic carbocycles. The number of carbonyl (C=O) groups is 1. The van der Waals surface area contributed by atoms with Crippen molar-refractivity contribution in [3.05, 3.63) is 70.1 Å². The molecule has 1 aromatic carbocycles. The van der Waals surface area contributed by atoms with E-state index in [4.69, 9.17) is 5.73 Å². The Morgan fingerprint density at radius 3 is 2.55 bits per heavy atom. The van der Waals surface area contributed by atoms with E-state index in [1.165, 1.54) is 12.3 Å². The molecule has 2 rings (SSSR count). The van der Waals surface area contributed by atoms with E-state index in [0.717, 1.165) is 5.56 Å². The molecule has 5 nitrogen and oxygen atoms in total. The highest BCUT2D eigenvalue weighted by Crippen LogP contribution is 2.07. The smallest absolute Gasteiger partial charge is 0.260 e. The maximum absolute atomic E-state index is 12.4. The van der Waals surface area contributed by atoms with E-state index in [9.17, 15) is 9.59 Å². The lowest BCUT2D eigenvalue weighted by molar-refractivity contribution is 0.0746. The fourth-order valence-electron chi connectivity index (χ4n) is 1.97. The van der Waals surface area contributed by atoms with Gasteiger partial charge in [-0.1, -0.05) is 30.3 Å². The van der Waals surface area contributed by atoms with Gasteiger partial charge in [-0.15, -0.1) is 0 Å². The Balaban J connectivity index is 2.22. The Labute approximate surface area is 117 Å². The zero-order chi connectivity index (χ0) is 14.4. The molecule has 1 amide bonds. The summed E-state index contributed by atoms with van der Waals surface area (Å²) in [5, 5.41) is 0. The first-order valence-electron chi connectivity index (χ1n) is 6.43. The van der Waals surface area contributed by atoms with Crippen molar-refractivity contribution >= 4 is 5.91 Å². The van der Waals surface area contributed by atoms with Gasteiger partial charge in [-0.25, -0.2) is 0 Å². The zero-order valence-corrected chi connectivity index (χ0v) is 11.1. The highest BCUT2D eigenvalue weighted by Gasteiger charge is 2.17. The van der Waals surface area contributed by atoms with Gasteiger partial charge in [0.25, 0.3) is 11.5 Å². The zero-order valence-electron chi connectivity index (χ0n) is 11.1. The first-order valence-corrected chi connectivity index (χ1v) is 6.43. The largest absolute Gasteiger partial charge is 0.333 e. The molecule has 1 aromatic heterocycles. The van der Waals surface area contributed by atoms with Gasteiger partial charge in [-0.05, 0) is 17.7 Å². The molecule has 1 heterocycles. The van der Waals surface area contributed by atoms with Crippen LogP contribution >= 0.6 is 0 Å². The topological polar surface area (TPSA) is 79.2 Å². The van der Waals surface area contributed by atoms with Crippen molar-refractivity contribution in [3.63, 3.8) is 0 Å². The molecule has 104 valence electrons. The van der Waals surface area contributed by atoms with Crippen molar-refractivity contribution in [2.75, 3.05) is 13.1 Å². The number of pyridine rings is 1. The summed E-state index contributed by atoms with van der Waals surface area (Å²) in [5.74, 6) is -0.304. The fourth-order valence-corrected chi connectivity index (χ4v) is 1.97. The molecule has 3 N–H and O–H groups in total. The number of nitrogens with one attached hydrogen (secondary N) is 1. The van der Waals surface area contributed by atoms with Crippen LogP contribution in [-0.2, 0) is 6.54 Å². The second kappa shape index (κ2) is 6.68. The number of aromatic nitrogens is 1. The lowest BCUT2D eigenvalue weighted by Gasteiger charge is -2.21. The number of rotatable bonds is 5. The van der Waals surface area contributed by atoms with Crippen LogP contribution in [0.4, 0.5) is 0 Å². The lowest BCUT2D eigenvalue weighted by atomic mass is 10.2. The van der Waals surface area contributed by atoms with Gasteiger partial charge < -0.3 is 15.6 Å². The molecule has 0 unspecified atom stereocenters. The van der Waals surface area contributed by atoms with E-state index in [2.05, 4.69) is 4.98 Å². The normalized spacial score (nSPS) is 10.2. The SMILES string of the molecule is NCCN(Cc1ccccc1)C(=O)c1ccc[nH]c1=O. The van der Waals surface area contributed by atoms with E-state index in [-0.39, 0.29) is 17.0 Å². The van der Waals surface area contributed by atoms with Crippen LogP contribution in [0.25, 0.3) is 0 Å². The first kappa shape index (κ1) is 14.0. The van der Waals surface area contributed by atoms with Crippen LogP contribution in [0.5, 0.6) is 0 Å². The molecule has 0 aliphatic rings. The van der Waals surface area contributed by atoms with Gasteiger partial charge in [-0.2, -0.15) is 0 Å².